The predicted molar refractivity (Wildman–Crippen MR) is 122 cm³/mol. The molecule has 0 radical (unpaired) electrons. The lowest BCUT2D eigenvalue weighted by atomic mass is 9.99. The molecule has 0 fully saturated rings. The fraction of sp³-hybridized carbons (Fsp3) is 0.440. The van der Waals surface area contributed by atoms with E-state index in [1.54, 1.807) is 6.92 Å². The first kappa shape index (κ1) is 21.9. The first-order valence-corrected chi connectivity index (χ1v) is 11.0. The molecule has 1 heterocycles. The van der Waals surface area contributed by atoms with Gasteiger partial charge in [0.1, 0.15) is 11.6 Å². The number of para-hydroxylation sites is 2. The van der Waals surface area contributed by atoms with Crippen LogP contribution in [0.1, 0.15) is 57.3 Å². The van der Waals surface area contributed by atoms with E-state index in [1.165, 1.54) is 5.56 Å². The summed E-state index contributed by atoms with van der Waals surface area (Å²) in [6.07, 6.45) is 3.77. The van der Waals surface area contributed by atoms with Gasteiger partial charge in [-0.1, -0.05) is 38.1 Å². The molecule has 1 atom stereocenters. The van der Waals surface area contributed by atoms with Crippen LogP contribution in [0.4, 0.5) is 0 Å². The van der Waals surface area contributed by atoms with E-state index >= 15 is 0 Å². The predicted octanol–water partition coefficient (Wildman–Crippen LogP) is 5.09. The minimum absolute atomic E-state index is 0.0119. The lowest BCUT2D eigenvalue weighted by Gasteiger charge is -2.12. The SMILES string of the molecule is CCC(C)c1ccc(OCCCn2c(CCCNC(C)=O)nc3ccccc32)cc1. The molecular formula is C25H33N3O2. The van der Waals surface area contributed by atoms with Crippen molar-refractivity contribution in [1.82, 2.24) is 14.9 Å². The zero-order chi connectivity index (χ0) is 21.3. The molecule has 160 valence electrons. The standard InChI is InChI=1S/C25H33N3O2/c1-4-19(2)21-12-14-22(15-13-21)30-18-8-17-28-24-10-6-5-9-23(24)27-25(28)11-7-16-26-20(3)29/h5-6,9-10,12-15,19H,4,7-8,11,16-18H2,1-3H3,(H,26,29). The number of nitrogens with one attached hydrogen (secondary N) is 1. The minimum atomic E-state index is 0.0119. The number of rotatable bonds is 11. The van der Waals surface area contributed by atoms with Gasteiger partial charge in [0.05, 0.1) is 17.6 Å². The van der Waals surface area contributed by atoms with Gasteiger partial charge in [0, 0.05) is 26.4 Å². The number of imidazole rings is 1. The number of nitrogens with zero attached hydrogens (tertiary/aromatic N) is 2. The zero-order valence-electron chi connectivity index (χ0n) is 18.4. The van der Waals surface area contributed by atoms with Crippen LogP contribution < -0.4 is 10.1 Å². The summed E-state index contributed by atoms with van der Waals surface area (Å²) in [4.78, 5) is 15.9. The minimum Gasteiger partial charge on any atom is -0.494 e. The molecule has 3 aromatic rings. The Morgan fingerprint density at radius 2 is 1.90 bits per heavy atom. The number of benzene rings is 2. The Labute approximate surface area is 179 Å². The number of amides is 1. The summed E-state index contributed by atoms with van der Waals surface area (Å²) in [7, 11) is 0. The summed E-state index contributed by atoms with van der Waals surface area (Å²) < 4.78 is 8.26. The molecule has 5 nitrogen and oxygen atoms in total. The van der Waals surface area contributed by atoms with Crippen molar-refractivity contribution in [3.8, 4) is 5.75 Å². The van der Waals surface area contributed by atoms with Gasteiger partial charge in [0.25, 0.3) is 0 Å². The van der Waals surface area contributed by atoms with Crippen molar-refractivity contribution in [2.75, 3.05) is 13.2 Å². The number of aryl methyl sites for hydroxylation is 2. The van der Waals surface area contributed by atoms with E-state index in [0.717, 1.165) is 54.8 Å². The highest BCUT2D eigenvalue weighted by molar-refractivity contribution is 5.76. The van der Waals surface area contributed by atoms with Gasteiger partial charge in [-0.3, -0.25) is 4.79 Å². The smallest absolute Gasteiger partial charge is 0.216 e. The van der Waals surface area contributed by atoms with E-state index in [-0.39, 0.29) is 5.91 Å². The van der Waals surface area contributed by atoms with Gasteiger partial charge < -0.3 is 14.6 Å². The summed E-state index contributed by atoms with van der Waals surface area (Å²) in [5, 5.41) is 2.86. The first-order valence-electron chi connectivity index (χ1n) is 11.0. The van der Waals surface area contributed by atoms with Crippen molar-refractivity contribution in [3.05, 3.63) is 59.9 Å². The van der Waals surface area contributed by atoms with Crippen LogP contribution in [0, 0.1) is 0 Å². The highest BCUT2D eigenvalue weighted by Gasteiger charge is 2.10. The van der Waals surface area contributed by atoms with E-state index in [4.69, 9.17) is 9.72 Å². The Kier molecular flexibility index (Phi) is 7.89. The fourth-order valence-corrected chi connectivity index (χ4v) is 3.62. The van der Waals surface area contributed by atoms with Crippen LogP contribution in [-0.2, 0) is 17.8 Å². The molecule has 3 rings (SSSR count). The van der Waals surface area contributed by atoms with Crippen LogP contribution in [0.5, 0.6) is 5.75 Å². The van der Waals surface area contributed by atoms with Crippen molar-refractivity contribution < 1.29 is 9.53 Å². The van der Waals surface area contributed by atoms with E-state index in [2.05, 4.69) is 66.2 Å². The first-order chi connectivity index (χ1) is 14.6. The van der Waals surface area contributed by atoms with E-state index in [0.29, 0.717) is 19.1 Å². The van der Waals surface area contributed by atoms with Gasteiger partial charge in [-0.25, -0.2) is 4.98 Å². The van der Waals surface area contributed by atoms with Crippen LogP contribution >= 0.6 is 0 Å². The summed E-state index contributed by atoms with van der Waals surface area (Å²) in [6, 6.07) is 16.7. The van der Waals surface area contributed by atoms with Gasteiger partial charge in [-0.05, 0) is 55.0 Å². The molecule has 1 amide bonds. The number of carbonyl (C=O) groups excluding carboxylic acids is 1. The Hall–Kier alpha value is -2.82. The normalized spacial score (nSPS) is 12.1. The molecule has 0 bridgehead atoms. The van der Waals surface area contributed by atoms with Crippen molar-refractivity contribution in [2.45, 2.75) is 58.9 Å². The number of ether oxygens (including phenoxy) is 1. The van der Waals surface area contributed by atoms with Crippen LogP contribution in [-0.4, -0.2) is 28.6 Å². The number of hydrogen-bond donors (Lipinski definition) is 1. The zero-order valence-corrected chi connectivity index (χ0v) is 18.4. The molecule has 1 N–H and O–H groups in total. The lowest BCUT2D eigenvalue weighted by molar-refractivity contribution is -0.118. The van der Waals surface area contributed by atoms with Gasteiger partial charge in [0.15, 0.2) is 0 Å². The highest BCUT2D eigenvalue weighted by Crippen LogP contribution is 2.22. The van der Waals surface area contributed by atoms with Crippen molar-refractivity contribution in [1.29, 1.82) is 0 Å². The monoisotopic (exact) mass is 407 g/mol. The number of aromatic nitrogens is 2. The van der Waals surface area contributed by atoms with Gasteiger partial charge >= 0.3 is 0 Å². The summed E-state index contributed by atoms with van der Waals surface area (Å²) in [5.41, 5.74) is 3.54. The third-order valence-electron chi connectivity index (χ3n) is 5.54. The summed E-state index contributed by atoms with van der Waals surface area (Å²) >= 11 is 0. The average Bonchev–Trinajstić information content (AvgIpc) is 3.11. The average molecular weight is 408 g/mol. The maximum atomic E-state index is 11.1. The van der Waals surface area contributed by atoms with Crippen LogP contribution in [0.3, 0.4) is 0 Å². The van der Waals surface area contributed by atoms with Crippen LogP contribution in [0.25, 0.3) is 11.0 Å². The van der Waals surface area contributed by atoms with E-state index in [1.807, 2.05) is 6.07 Å². The van der Waals surface area contributed by atoms with Gasteiger partial charge in [0.2, 0.25) is 5.91 Å². The van der Waals surface area contributed by atoms with Gasteiger partial charge in [-0.2, -0.15) is 0 Å². The van der Waals surface area contributed by atoms with E-state index in [9.17, 15) is 4.79 Å². The van der Waals surface area contributed by atoms with Crippen LogP contribution in [0.2, 0.25) is 0 Å². The molecule has 30 heavy (non-hydrogen) atoms. The number of fused-ring (bicyclic) bond motifs is 1. The second-order valence-corrected chi connectivity index (χ2v) is 7.84. The quantitative estimate of drug-likeness (QED) is 0.451. The Morgan fingerprint density at radius 3 is 2.63 bits per heavy atom. The maximum Gasteiger partial charge on any atom is 0.216 e. The Morgan fingerprint density at radius 1 is 1.13 bits per heavy atom. The fourth-order valence-electron chi connectivity index (χ4n) is 3.62. The molecule has 1 unspecified atom stereocenters. The van der Waals surface area contributed by atoms with Crippen LogP contribution in [0.15, 0.2) is 48.5 Å². The van der Waals surface area contributed by atoms with Crippen molar-refractivity contribution >= 4 is 16.9 Å². The molecule has 0 saturated heterocycles. The number of hydrogen-bond acceptors (Lipinski definition) is 3. The lowest BCUT2D eigenvalue weighted by Crippen LogP contribution is -2.21. The Bertz CT molecular complexity index is 947. The number of carbonyl (C=O) groups is 1. The van der Waals surface area contributed by atoms with Gasteiger partial charge in [-0.15, -0.1) is 0 Å². The highest BCUT2D eigenvalue weighted by atomic mass is 16.5. The third kappa shape index (κ3) is 5.85. The van der Waals surface area contributed by atoms with E-state index < -0.39 is 0 Å². The molecule has 1 aromatic heterocycles. The molecule has 0 aliphatic carbocycles. The second-order valence-electron chi connectivity index (χ2n) is 7.84. The molecule has 0 aliphatic heterocycles. The largest absolute Gasteiger partial charge is 0.494 e. The van der Waals surface area contributed by atoms with Crippen molar-refractivity contribution in [2.24, 2.45) is 0 Å². The molecule has 2 aromatic carbocycles. The topological polar surface area (TPSA) is 56.1 Å². The third-order valence-corrected chi connectivity index (χ3v) is 5.54. The van der Waals surface area contributed by atoms with Crippen molar-refractivity contribution in [3.63, 3.8) is 0 Å². The summed E-state index contributed by atoms with van der Waals surface area (Å²) in [6.45, 7) is 8.21. The molecule has 0 aliphatic rings. The molecule has 0 spiro atoms. The Balaban J connectivity index is 1.56. The molecule has 5 heteroatoms. The molecule has 0 saturated carbocycles. The molecular weight excluding hydrogens is 374 g/mol. The summed E-state index contributed by atoms with van der Waals surface area (Å²) in [5.74, 6) is 2.59. The maximum absolute atomic E-state index is 11.1. The second kappa shape index (κ2) is 10.8.